The van der Waals surface area contributed by atoms with Gasteiger partial charge in [-0.05, 0) is 29.5 Å². The lowest BCUT2D eigenvalue weighted by molar-refractivity contribution is 0.275. The van der Waals surface area contributed by atoms with E-state index in [1.165, 1.54) is 31.2 Å². The van der Waals surface area contributed by atoms with E-state index >= 15 is 0 Å². The van der Waals surface area contributed by atoms with Crippen LogP contribution in [0.2, 0.25) is 0 Å². The fourth-order valence-electron chi connectivity index (χ4n) is 2.95. The largest absolute Gasteiger partial charge is 0.507 e. The number of benzene rings is 2. The van der Waals surface area contributed by atoms with E-state index in [1.807, 2.05) is 24.3 Å². The van der Waals surface area contributed by atoms with Crippen molar-refractivity contribution >= 4 is 7.82 Å². The molecule has 144 valence electrons. The molecule has 0 aliphatic heterocycles. The molecule has 0 bridgehead atoms. The molecule has 0 saturated carbocycles. The average molecular weight is 380 g/mol. The highest BCUT2D eigenvalue weighted by atomic mass is 31.2. The molecule has 6 heteroatoms. The maximum Gasteiger partial charge on any atom is 0.466 e. The van der Waals surface area contributed by atoms with Crippen molar-refractivity contribution in [1.82, 2.24) is 0 Å². The molecular formula is C20H29O5P. The zero-order valence-corrected chi connectivity index (χ0v) is 16.3. The van der Waals surface area contributed by atoms with E-state index in [1.54, 1.807) is 6.07 Å². The highest BCUT2D eigenvalue weighted by Crippen LogP contribution is 2.34. The van der Waals surface area contributed by atoms with Gasteiger partial charge in [0, 0.05) is 5.56 Å². The number of rotatable bonds is 7. The number of hydrogen-bond donors (Lipinski definition) is 4. The van der Waals surface area contributed by atoms with Gasteiger partial charge < -0.3 is 19.8 Å². The van der Waals surface area contributed by atoms with Crippen molar-refractivity contribution < 1.29 is 24.4 Å². The maximum atomic E-state index is 10.3. The Balaban J connectivity index is 0.000000597. The van der Waals surface area contributed by atoms with E-state index < -0.39 is 7.82 Å². The zero-order chi connectivity index (χ0) is 19.6. The molecule has 0 heterocycles. The lowest BCUT2D eigenvalue weighted by Crippen LogP contribution is -2.04. The van der Waals surface area contributed by atoms with Crippen LogP contribution in [0.1, 0.15) is 45.1 Å². The third kappa shape index (κ3) is 8.63. The minimum Gasteiger partial charge on any atom is -0.507 e. The summed E-state index contributed by atoms with van der Waals surface area (Å²) in [4.78, 5) is 21.6. The predicted octanol–water partition coefficient (Wildman–Crippen LogP) is 4.89. The van der Waals surface area contributed by atoms with Crippen molar-refractivity contribution in [2.45, 2.75) is 46.0 Å². The number of aromatic hydroxyl groups is 1. The van der Waals surface area contributed by atoms with Gasteiger partial charge in [0.25, 0.3) is 0 Å². The molecule has 2 rings (SSSR count). The van der Waals surface area contributed by atoms with Gasteiger partial charge in [-0.3, -0.25) is 0 Å². The molecule has 0 radical (unpaired) electrons. The normalized spacial score (nSPS) is 12.2. The second-order valence-electron chi connectivity index (χ2n) is 6.31. The van der Waals surface area contributed by atoms with Crippen molar-refractivity contribution in [3.63, 3.8) is 0 Å². The summed E-state index contributed by atoms with van der Waals surface area (Å²) >= 11 is 0. The van der Waals surface area contributed by atoms with Gasteiger partial charge in [-0.2, -0.15) is 0 Å². The number of phenolic OH excluding ortho intramolecular Hbond substituents is 1. The highest BCUT2D eigenvalue weighted by molar-refractivity contribution is 7.45. The van der Waals surface area contributed by atoms with Crippen LogP contribution in [0, 0.1) is 5.92 Å². The van der Waals surface area contributed by atoms with Crippen molar-refractivity contribution in [3.05, 3.63) is 54.1 Å². The summed E-state index contributed by atoms with van der Waals surface area (Å²) in [5.74, 6) is 1.10. The minimum atomic E-state index is -4.64. The van der Waals surface area contributed by atoms with Gasteiger partial charge in [0.05, 0.1) is 0 Å². The highest BCUT2D eigenvalue weighted by Gasteiger charge is 2.14. The summed E-state index contributed by atoms with van der Waals surface area (Å²) in [6.45, 7) is 4.52. The molecule has 4 N–H and O–H groups in total. The Morgan fingerprint density at radius 3 is 2.12 bits per heavy atom. The summed E-state index contributed by atoms with van der Waals surface area (Å²) in [5, 5.41) is 10.3. The van der Waals surface area contributed by atoms with Crippen molar-refractivity contribution in [1.29, 1.82) is 0 Å². The van der Waals surface area contributed by atoms with Gasteiger partial charge in [-0.1, -0.05) is 82.0 Å². The zero-order valence-electron chi connectivity index (χ0n) is 15.4. The van der Waals surface area contributed by atoms with Gasteiger partial charge in [0.15, 0.2) is 0 Å². The second-order valence-corrected chi connectivity index (χ2v) is 7.34. The van der Waals surface area contributed by atoms with Crippen LogP contribution in [0.5, 0.6) is 5.75 Å². The van der Waals surface area contributed by atoms with Crippen LogP contribution in [-0.4, -0.2) is 19.8 Å². The summed E-state index contributed by atoms with van der Waals surface area (Å²) in [6.07, 6.45) is 6.07. The Labute approximate surface area is 155 Å². The van der Waals surface area contributed by atoms with Crippen LogP contribution in [0.4, 0.5) is 0 Å². The maximum absolute atomic E-state index is 10.3. The number of unbranched alkanes of at least 4 members (excludes halogenated alkanes) is 1. The number of phenols is 1. The lowest BCUT2D eigenvalue weighted by atomic mass is 9.88. The molecule has 5 nitrogen and oxygen atoms in total. The average Bonchev–Trinajstić information content (AvgIpc) is 2.58. The molecule has 1 unspecified atom stereocenters. The summed E-state index contributed by atoms with van der Waals surface area (Å²) in [5.41, 5.74) is 3.38. The third-order valence-electron chi connectivity index (χ3n) is 4.24. The van der Waals surface area contributed by atoms with Crippen molar-refractivity contribution in [2.24, 2.45) is 5.92 Å². The molecular weight excluding hydrogens is 351 g/mol. The molecule has 0 aliphatic carbocycles. The standard InChI is InChI=1S/C20H26O.H3O4P/c1-3-5-10-16(4-2)15-18-13-9-14-19(21)20(18)17-11-7-6-8-12-17;1-5(2,3)4/h6-9,11-14,16,21H,3-5,10,15H2,1-2H3;(H3,1,2,3,4). The molecule has 0 spiro atoms. The first-order chi connectivity index (χ1) is 12.3. The Kier molecular flexibility index (Phi) is 9.60. The van der Waals surface area contributed by atoms with E-state index in [0.717, 1.165) is 17.5 Å². The van der Waals surface area contributed by atoms with Crippen LogP contribution in [-0.2, 0) is 11.0 Å². The summed E-state index contributed by atoms with van der Waals surface area (Å²) < 4.78 is 8.88. The summed E-state index contributed by atoms with van der Waals surface area (Å²) in [6, 6.07) is 16.1. The van der Waals surface area contributed by atoms with E-state index in [9.17, 15) is 5.11 Å². The van der Waals surface area contributed by atoms with Crippen LogP contribution in [0.15, 0.2) is 48.5 Å². The quantitative estimate of drug-likeness (QED) is 0.513. The predicted molar refractivity (Wildman–Crippen MR) is 105 cm³/mol. The van der Waals surface area contributed by atoms with E-state index in [-0.39, 0.29) is 0 Å². The molecule has 2 aromatic rings. The molecule has 26 heavy (non-hydrogen) atoms. The molecule has 0 aliphatic rings. The van der Waals surface area contributed by atoms with Crippen molar-refractivity contribution in [3.8, 4) is 16.9 Å². The first-order valence-corrected chi connectivity index (χ1v) is 10.5. The van der Waals surface area contributed by atoms with Gasteiger partial charge >= 0.3 is 7.82 Å². The van der Waals surface area contributed by atoms with Crippen molar-refractivity contribution in [2.75, 3.05) is 0 Å². The van der Waals surface area contributed by atoms with Gasteiger partial charge in [-0.25, -0.2) is 4.57 Å². The number of hydrogen-bond acceptors (Lipinski definition) is 2. The molecule has 0 amide bonds. The van der Waals surface area contributed by atoms with Gasteiger partial charge in [0.1, 0.15) is 5.75 Å². The molecule has 0 fully saturated rings. The van der Waals surface area contributed by atoms with E-state index in [4.69, 9.17) is 19.2 Å². The Morgan fingerprint density at radius 1 is 0.962 bits per heavy atom. The lowest BCUT2D eigenvalue weighted by Gasteiger charge is -2.18. The minimum absolute atomic E-state index is 0.393. The molecule has 0 saturated heterocycles. The first kappa shape index (κ1) is 22.4. The van der Waals surface area contributed by atoms with Gasteiger partial charge in [0.2, 0.25) is 0 Å². The summed E-state index contributed by atoms with van der Waals surface area (Å²) in [7, 11) is -4.64. The topological polar surface area (TPSA) is 98.0 Å². The molecule has 0 aromatic heterocycles. The Bertz CT molecular complexity index is 688. The van der Waals surface area contributed by atoms with E-state index in [2.05, 4.69) is 32.0 Å². The molecule has 2 aromatic carbocycles. The second kappa shape index (κ2) is 11.1. The fourth-order valence-corrected chi connectivity index (χ4v) is 2.95. The van der Waals surface area contributed by atoms with Crippen LogP contribution in [0.25, 0.3) is 11.1 Å². The van der Waals surface area contributed by atoms with Crippen LogP contribution >= 0.6 is 7.82 Å². The van der Waals surface area contributed by atoms with Crippen LogP contribution < -0.4 is 0 Å². The molecule has 1 atom stereocenters. The Morgan fingerprint density at radius 2 is 1.58 bits per heavy atom. The van der Waals surface area contributed by atoms with Gasteiger partial charge in [-0.15, -0.1) is 0 Å². The van der Waals surface area contributed by atoms with Crippen LogP contribution in [0.3, 0.4) is 0 Å². The fraction of sp³-hybridized carbons (Fsp3) is 0.400. The third-order valence-corrected chi connectivity index (χ3v) is 4.24. The first-order valence-electron chi connectivity index (χ1n) is 8.90. The van der Waals surface area contributed by atoms with E-state index in [0.29, 0.717) is 11.7 Å². The Hall–Kier alpha value is -1.65. The number of phosphoric acid groups is 1. The SMILES string of the molecule is CCCCC(CC)Cc1cccc(O)c1-c1ccccc1.O=P(O)(O)O. The monoisotopic (exact) mass is 380 g/mol. The smallest absolute Gasteiger partial charge is 0.466 e.